The third-order valence-electron chi connectivity index (χ3n) is 3.06. The summed E-state index contributed by atoms with van der Waals surface area (Å²) in [7, 11) is 1.60. The van der Waals surface area contributed by atoms with Crippen molar-refractivity contribution in [2.24, 2.45) is 0 Å². The van der Waals surface area contributed by atoms with E-state index in [0.29, 0.717) is 11.8 Å². The third-order valence-corrected chi connectivity index (χ3v) is 4.15. The number of hydrogen-bond donors (Lipinski definition) is 1. The first-order valence-electron chi connectivity index (χ1n) is 7.22. The zero-order valence-electron chi connectivity index (χ0n) is 13.0. The van der Waals surface area contributed by atoms with Crippen molar-refractivity contribution in [3.05, 3.63) is 23.0 Å². The van der Waals surface area contributed by atoms with Crippen molar-refractivity contribution in [1.82, 2.24) is 20.3 Å². The molecule has 2 aromatic rings. The van der Waals surface area contributed by atoms with E-state index in [1.807, 2.05) is 6.07 Å². The topological polar surface area (TPSA) is 59.9 Å². The minimum absolute atomic E-state index is 0.400. The Labute approximate surface area is 129 Å². The molecule has 0 saturated carbocycles. The summed E-state index contributed by atoms with van der Waals surface area (Å²) in [4.78, 5) is 14.4. The van der Waals surface area contributed by atoms with E-state index in [4.69, 9.17) is 9.72 Å². The van der Waals surface area contributed by atoms with E-state index in [1.54, 1.807) is 18.4 Å². The van der Waals surface area contributed by atoms with Crippen molar-refractivity contribution in [3.63, 3.8) is 0 Å². The van der Waals surface area contributed by atoms with Gasteiger partial charge in [0.05, 0.1) is 12.8 Å². The van der Waals surface area contributed by atoms with Gasteiger partial charge >= 0.3 is 0 Å². The van der Waals surface area contributed by atoms with Crippen LogP contribution in [-0.4, -0.2) is 28.6 Å². The fourth-order valence-corrected chi connectivity index (χ4v) is 3.15. The Kier molecular flexibility index (Phi) is 5.64. The average molecular weight is 306 g/mol. The maximum Gasteiger partial charge on any atom is 0.216 e. The summed E-state index contributed by atoms with van der Waals surface area (Å²) in [5.41, 5.74) is 1.96. The lowest BCUT2D eigenvalue weighted by atomic mass is 10.1. The zero-order valence-corrected chi connectivity index (χ0v) is 13.8. The largest absolute Gasteiger partial charge is 0.481 e. The van der Waals surface area contributed by atoms with Crippen LogP contribution in [0.3, 0.4) is 0 Å². The molecule has 0 atom stereocenters. The van der Waals surface area contributed by atoms with Crippen LogP contribution in [0.2, 0.25) is 0 Å². The molecular formula is C15H22N4OS. The number of ether oxygens (including phenoxy) is 1. The van der Waals surface area contributed by atoms with Gasteiger partial charge in [-0.25, -0.2) is 15.0 Å². The molecule has 1 N–H and O–H groups in total. The minimum Gasteiger partial charge on any atom is -0.481 e. The Balaban J connectivity index is 2.29. The number of rotatable bonds is 7. The highest BCUT2D eigenvalue weighted by Gasteiger charge is 2.16. The molecule has 0 saturated heterocycles. The smallest absolute Gasteiger partial charge is 0.216 e. The van der Waals surface area contributed by atoms with Gasteiger partial charge in [-0.2, -0.15) is 0 Å². The average Bonchev–Trinajstić information content (AvgIpc) is 2.92. The number of nitrogens with zero attached hydrogens (tertiary/aromatic N) is 3. The van der Waals surface area contributed by atoms with Gasteiger partial charge in [0.15, 0.2) is 0 Å². The first kappa shape index (κ1) is 15.9. The Morgan fingerprint density at radius 3 is 2.81 bits per heavy atom. The molecule has 6 heteroatoms. The summed E-state index contributed by atoms with van der Waals surface area (Å²) in [6.07, 6.45) is 2.64. The van der Waals surface area contributed by atoms with Gasteiger partial charge < -0.3 is 10.1 Å². The van der Waals surface area contributed by atoms with Crippen LogP contribution >= 0.6 is 11.3 Å². The molecule has 0 amide bonds. The molecule has 0 unspecified atom stereocenters. The van der Waals surface area contributed by atoms with Crippen LogP contribution in [0.1, 0.15) is 43.7 Å². The summed E-state index contributed by atoms with van der Waals surface area (Å²) in [6, 6.07) is 1.83. The standard InChI is InChI=1S/C15H22N4OS/c1-5-6-16-8-12-14(10(2)3)19-15(21-12)11-7-13(20-4)18-9-17-11/h7,9-10,16H,5-6,8H2,1-4H3. The molecule has 0 spiro atoms. The Hall–Kier alpha value is -1.53. The van der Waals surface area contributed by atoms with E-state index in [9.17, 15) is 0 Å². The lowest BCUT2D eigenvalue weighted by Crippen LogP contribution is -2.14. The Bertz CT molecular complexity index is 583. The molecule has 0 bridgehead atoms. The summed E-state index contributed by atoms with van der Waals surface area (Å²) in [5.74, 6) is 0.962. The predicted octanol–water partition coefficient (Wildman–Crippen LogP) is 3.23. The molecule has 114 valence electrons. The summed E-state index contributed by atoms with van der Waals surface area (Å²) in [6.45, 7) is 8.39. The minimum atomic E-state index is 0.400. The maximum absolute atomic E-state index is 5.15. The molecule has 0 radical (unpaired) electrons. The second-order valence-electron chi connectivity index (χ2n) is 5.10. The monoisotopic (exact) mass is 306 g/mol. The normalized spacial score (nSPS) is 11.1. The highest BCUT2D eigenvalue weighted by molar-refractivity contribution is 7.15. The Morgan fingerprint density at radius 2 is 2.14 bits per heavy atom. The second kappa shape index (κ2) is 7.47. The van der Waals surface area contributed by atoms with Gasteiger partial charge in [-0.3, -0.25) is 0 Å². The van der Waals surface area contributed by atoms with E-state index in [2.05, 4.69) is 36.1 Å². The van der Waals surface area contributed by atoms with Crippen LogP contribution in [0, 0.1) is 0 Å². The molecule has 0 aliphatic heterocycles. The molecule has 0 aromatic carbocycles. The number of hydrogen-bond acceptors (Lipinski definition) is 6. The predicted molar refractivity (Wildman–Crippen MR) is 85.8 cm³/mol. The van der Waals surface area contributed by atoms with E-state index in [-0.39, 0.29) is 0 Å². The van der Waals surface area contributed by atoms with Crippen LogP contribution < -0.4 is 10.1 Å². The molecule has 5 nitrogen and oxygen atoms in total. The van der Waals surface area contributed by atoms with Gasteiger partial charge in [-0.15, -0.1) is 11.3 Å². The first-order valence-corrected chi connectivity index (χ1v) is 8.04. The quantitative estimate of drug-likeness (QED) is 0.796. The van der Waals surface area contributed by atoms with Crippen LogP contribution in [0.4, 0.5) is 0 Å². The summed E-state index contributed by atoms with van der Waals surface area (Å²) >= 11 is 1.69. The van der Waals surface area contributed by atoms with Gasteiger partial charge in [-0.05, 0) is 18.9 Å². The van der Waals surface area contributed by atoms with E-state index in [0.717, 1.165) is 35.9 Å². The maximum atomic E-state index is 5.15. The van der Waals surface area contributed by atoms with Gasteiger partial charge in [0.1, 0.15) is 17.0 Å². The SMILES string of the molecule is CCCNCc1sc(-c2cc(OC)ncn2)nc1C(C)C. The summed E-state index contributed by atoms with van der Waals surface area (Å²) < 4.78 is 5.15. The van der Waals surface area contributed by atoms with Crippen LogP contribution in [-0.2, 0) is 6.54 Å². The fourth-order valence-electron chi connectivity index (χ4n) is 2.00. The van der Waals surface area contributed by atoms with Crippen LogP contribution in [0.25, 0.3) is 10.7 Å². The van der Waals surface area contributed by atoms with E-state index < -0.39 is 0 Å². The lowest BCUT2D eigenvalue weighted by Gasteiger charge is -2.05. The van der Waals surface area contributed by atoms with Crippen LogP contribution in [0.5, 0.6) is 5.88 Å². The highest BCUT2D eigenvalue weighted by Crippen LogP contribution is 2.31. The van der Waals surface area contributed by atoms with Crippen molar-refractivity contribution < 1.29 is 4.74 Å². The van der Waals surface area contributed by atoms with Gasteiger partial charge in [0.2, 0.25) is 5.88 Å². The summed E-state index contributed by atoms with van der Waals surface area (Å²) in [5, 5.41) is 4.37. The number of thiazole rings is 1. The molecule has 0 aliphatic rings. The molecule has 0 fully saturated rings. The molecule has 2 aromatic heterocycles. The molecule has 2 rings (SSSR count). The zero-order chi connectivity index (χ0) is 15.2. The van der Waals surface area contributed by atoms with Crippen LogP contribution in [0.15, 0.2) is 12.4 Å². The number of aromatic nitrogens is 3. The van der Waals surface area contributed by atoms with Crippen molar-refractivity contribution in [1.29, 1.82) is 0 Å². The van der Waals surface area contributed by atoms with E-state index >= 15 is 0 Å². The molecule has 2 heterocycles. The first-order chi connectivity index (χ1) is 10.2. The third kappa shape index (κ3) is 3.98. The van der Waals surface area contributed by atoms with Crippen molar-refractivity contribution in [3.8, 4) is 16.6 Å². The van der Waals surface area contributed by atoms with Crippen molar-refractivity contribution >= 4 is 11.3 Å². The fraction of sp³-hybridized carbons (Fsp3) is 0.533. The highest BCUT2D eigenvalue weighted by atomic mass is 32.1. The Morgan fingerprint density at radius 1 is 1.33 bits per heavy atom. The van der Waals surface area contributed by atoms with Crippen molar-refractivity contribution in [2.75, 3.05) is 13.7 Å². The van der Waals surface area contributed by atoms with Crippen molar-refractivity contribution in [2.45, 2.75) is 39.7 Å². The van der Waals surface area contributed by atoms with E-state index in [1.165, 1.54) is 11.2 Å². The lowest BCUT2D eigenvalue weighted by molar-refractivity contribution is 0.397. The second-order valence-corrected chi connectivity index (χ2v) is 6.19. The van der Waals surface area contributed by atoms with Gasteiger partial charge in [0, 0.05) is 17.5 Å². The molecule has 0 aliphatic carbocycles. The molecule has 21 heavy (non-hydrogen) atoms. The number of methoxy groups -OCH3 is 1. The molecular weight excluding hydrogens is 284 g/mol. The van der Waals surface area contributed by atoms with Gasteiger partial charge in [0.25, 0.3) is 0 Å². The van der Waals surface area contributed by atoms with Gasteiger partial charge in [-0.1, -0.05) is 20.8 Å². The number of nitrogens with one attached hydrogen (secondary N) is 1.